The Kier molecular flexibility index (Phi) is 20.3. The molecule has 0 saturated carbocycles. The van der Waals surface area contributed by atoms with Gasteiger partial charge in [0.25, 0.3) is 0 Å². The predicted octanol–water partition coefficient (Wildman–Crippen LogP) is 34.2. The number of benzene rings is 19. The summed E-state index contributed by atoms with van der Waals surface area (Å²) < 4.78 is 18.4. The van der Waals surface area contributed by atoms with Gasteiger partial charge in [-0.25, -0.2) is 34.6 Å². The van der Waals surface area contributed by atoms with Gasteiger partial charge in [-0.1, -0.05) is 309 Å². The first-order chi connectivity index (χ1) is 70.2. The first kappa shape index (κ1) is 83.1. The number of fused-ring (bicyclic) bond motifs is 21. The summed E-state index contributed by atoms with van der Waals surface area (Å²) in [6.45, 7) is 15.1. The number of furan rings is 1. The maximum absolute atomic E-state index is 9.65. The van der Waals surface area contributed by atoms with Crippen LogP contribution in [0.1, 0.15) is 5.56 Å². The number of hydrogen-bond acceptors (Lipinski definition) is 8. The van der Waals surface area contributed by atoms with Crippen LogP contribution in [0.2, 0.25) is 0 Å². The van der Waals surface area contributed by atoms with Gasteiger partial charge in [0.2, 0.25) is 0 Å². The number of rotatable bonds is 12. The number of pyridine rings is 1. The molecule has 0 spiro atoms. The Labute approximate surface area is 818 Å². The van der Waals surface area contributed by atoms with E-state index in [4.69, 9.17) is 42.5 Å². The molecular weight excluding hydrogens is 1750 g/mol. The van der Waals surface area contributed by atoms with Crippen LogP contribution < -0.4 is 0 Å². The summed E-state index contributed by atoms with van der Waals surface area (Å²) in [5.41, 5.74) is 29.9. The number of nitrogens with zero attached hydrogens (tertiary/aromatic N) is 12. The van der Waals surface area contributed by atoms with Crippen LogP contribution in [0, 0.1) is 24.5 Å². The molecule has 0 amide bonds. The molecule has 660 valence electrons. The van der Waals surface area contributed by atoms with Crippen LogP contribution in [-0.4, -0.2) is 43.2 Å². The van der Waals surface area contributed by atoms with Gasteiger partial charge in [-0.3, -0.25) is 4.57 Å². The predicted molar refractivity (Wildman–Crippen MR) is 584 cm³/mol. The fraction of sp³-hybridized carbons (Fsp3) is 0. The first-order valence-electron chi connectivity index (χ1n) is 47.0. The van der Waals surface area contributed by atoms with Gasteiger partial charge >= 0.3 is 0 Å². The molecule has 0 N–H and O–H groups in total. The standard InChI is InChI=1S/C46H28N4.C41H24N4O.C41H24N4S/c47-29-30-11-10-12-33(25-30)38-28-46(48-41-18-7-4-15-35(38)41)50-43-20-9-6-17-37(43)40-27-32(22-24-45(40)50)31-21-23-44-39(26-31)36-16-5-8-19-42(36)49(44)34-13-2-1-3-14-34;2*1-42-29-15-9-13-27(23-29)36-25-35(26-11-3-2-4-12-26)43-41(44-36)28-14-10-16-30(24-28)45-37-19-7-5-17-31(37)33-21-22-34-32-18-6-8-20-38(32)46-40(34)39(33)45/h1-28H;2*2-25H. The largest absolute Gasteiger partial charge is 0.454 e. The summed E-state index contributed by atoms with van der Waals surface area (Å²) in [6.07, 6.45) is 0. The molecule has 28 rings (SSSR count). The van der Waals surface area contributed by atoms with E-state index in [0.29, 0.717) is 28.6 Å². The lowest BCUT2D eigenvalue weighted by atomic mass is 9.99. The molecule has 14 heteroatoms. The van der Waals surface area contributed by atoms with Gasteiger partial charge in [0, 0.05) is 114 Å². The van der Waals surface area contributed by atoms with Crippen molar-refractivity contribution in [2.24, 2.45) is 0 Å². The Morgan fingerprint density at radius 3 is 1.25 bits per heavy atom. The van der Waals surface area contributed by atoms with Gasteiger partial charge in [0.15, 0.2) is 28.6 Å². The minimum absolute atomic E-state index is 0.573. The lowest BCUT2D eigenvalue weighted by Gasteiger charge is -2.13. The van der Waals surface area contributed by atoms with E-state index < -0.39 is 0 Å². The van der Waals surface area contributed by atoms with E-state index in [0.717, 1.165) is 161 Å². The van der Waals surface area contributed by atoms with E-state index in [9.17, 15) is 5.26 Å². The van der Waals surface area contributed by atoms with Gasteiger partial charge in [0.1, 0.15) is 11.4 Å². The van der Waals surface area contributed by atoms with Crippen molar-refractivity contribution in [2.75, 3.05) is 0 Å². The van der Waals surface area contributed by atoms with E-state index in [2.05, 4.69) is 356 Å². The first-order valence-corrected chi connectivity index (χ1v) is 47.8. The van der Waals surface area contributed by atoms with Crippen LogP contribution in [0.25, 0.3) is 263 Å². The highest BCUT2D eigenvalue weighted by Gasteiger charge is 2.26. The minimum Gasteiger partial charge on any atom is -0.454 e. The molecule has 0 unspecified atom stereocenters. The Hall–Kier alpha value is -19.6. The Balaban J connectivity index is 0.000000109. The molecule has 0 radical (unpaired) electrons. The lowest BCUT2D eigenvalue weighted by Crippen LogP contribution is -1.99. The molecule has 142 heavy (non-hydrogen) atoms. The third-order valence-corrected chi connectivity index (χ3v) is 28.3. The van der Waals surface area contributed by atoms with Crippen LogP contribution in [0.15, 0.2) is 465 Å². The molecule has 0 bridgehead atoms. The second-order valence-electron chi connectivity index (χ2n) is 35.4. The van der Waals surface area contributed by atoms with E-state index in [-0.39, 0.29) is 0 Å². The molecule has 0 aliphatic heterocycles. The molecule has 0 atom stereocenters. The summed E-state index contributed by atoms with van der Waals surface area (Å²) in [6, 6.07) is 161. The molecule has 0 aliphatic rings. The zero-order chi connectivity index (χ0) is 94.4. The zero-order valence-electron chi connectivity index (χ0n) is 76.1. The van der Waals surface area contributed by atoms with E-state index in [1.54, 1.807) is 0 Å². The Morgan fingerprint density at radius 2 is 0.676 bits per heavy atom. The van der Waals surface area contributed by atoms with Crippen molar-refractivity contribution in [2.45, 2.75) is 0 Å². The van der Waals surface area contributed by atoms with Crippen molar-refractivity contribution >= 4 is 163 Å². The molecule has 9 heterocycles. The van der Waals surface area contributed by atoms with Crippen molar-refractivity contribution in [1.29, 1.82) is 5.26 Å². The molecule has 19 aromatic carbocycles. The molecule has 0 fully saturated rings. The number of nitriles is 1. The zero-order valence-corrected chi connectivity index (χ0v) is 76.9. The molecule has 9 aromatic heterocycles. The molecular formula is C128H76N12OS. The van der Waals surface area contributed by atoms with Crippen LogP contribution in [0.4, 0.5) is 11.4 Å². The number of aromatic nitrogens is 9. The molecule has 28 aromatic rings. The SMILES string of the molecule is N#Cc1cccc(-c2cc(-n3c4ccccc4c4cc(-c5ccc6c(c5)c5ccccc5n6-c5ccccc5)ccc43)nc3ccccc23)c1.[C-]#[N+]c1cccc(-c2cc(-c3ccccc3)nc(-c3cccc(-n4c5ccccc5c5ccc6c7ccccc7oc6c54)c3)n2)c1.[C-]#[N+]c1cccc(-c2cc(-c3ccccc3)nc(-c3cccc(-n4c5ccccc5c5ccc6c7ccccc7sc6c54)c3)n2)c1. The third-order valence-electron chi connectivity index (χ3n) is 27.1. The number of thiophene rings is 1. The van der Waals surface area contributed by atoms with Crippen LogP contribution in [-0.2, 0) is 0 Å². The normalized spacial score (nSPS) is 11.5. The van der Waals surface area contributed by atoms with Crippen molar-refractivity contribution < 1.29 is 4.42 Å². The summed E-state index contributed by atoms with van der Waals surface area (Å²) in [5.74, 6) is 2.09. The Bertz CT molecular complexity index is 9770. The topological polar surface area (TPSA) is 130 Å². The van der Waals surface area contributed by atoms with Crippen molar-refractivity contribution in [3.05, 3.63) is 489 Å². The summed E-state index contributed by atoms with van der Waals surface area (Å²) in [5, 5.41) is 25.0. The molecule has 0 aliphatic carbocycles. The maximum Gasteiger partial charge on any atom is 0.187 e. The fourth-order valence-electron chi connectivity index (χ4n) is 20.7. The third kappa shape index (κ3) is 14.4. The highest BCUT2D eigenvalue weighted by Crippen LogP contribution is 2.48. The van der Waals surface area contributed by atoms with Crippen molar-refractivity contribution in [1.82, 2.24) is 43.2 Å². The molecule has 13 nitrogen and oxygen atoms in total. The van der Waals surface area contributed by atoms with E-state index in [1.165, 1.54) is 80.2 Å². The second kappa shape index (κ2) is 34.7. The smallest absolute Gasteiger partial charge is 0.187 e. The highest BCUT2D eigenvalue weighted by molar-refractivity contribution is 7.26. The average molecular weight is 1830 g/mol. The monoisotopic (exact) mass is 1830 g/mol. The number of para-hydroxylation sites is 7. The average Bonchev–Trinajstić information content (AvgIpc) is 1.56. The van der Waals surface area contributed by atoms with E-state index in [1.807, 2.05) is 151 Å². The van der Waals surface area contributed by atoms with E-state index >= 15 is 0 Å². The quantitative estimate of drug-likeness (QED) is 0.111. The van der Waals surface area contributed by atoms with Crippen LogP contribution in [0.5, 0.6) is 0 Å². The van der Waals surface area contributed by atoms with Gasteiger partial charge in [0.05, 0.1) is 102 Å². The van der Waals surface area contributed by atoms with Crippen LogP contribution in [0.3, 0.4) is 0 Å². The van der Waals surface area contributed by atoms with Crippen molar-refractivity contribution in [3.8, 4) is 119 Å². The highest BCUT2D eigenvalue weighted by atomic mass is 32.1. The van der Waals surface area contributed by atoms with Crippen LogP contribution >= 0.6 is 11.3 Å². The van der Waals surface area contributed by atoms with Gasteiger partial charge in [-0.2, -0.15) is 5.26 Å². The van der Waals surface area contributed by atoms with Crippen molar-refractivity contribution in [3.63, 3.8) is 0 Å². The van der Waals surface area contributed by atoms with Gasteiger partial charge in [-0.05, 0) is 185 Å². The van der Waals surface area contributed by atoms with Gasteiger partial charge in [-0.15, -0.1) is 11.3 Å². The summed E-state index contributed by atoms with van der Waals surface area (Å²) in [4.78, 5) is 32.8. The Morgan fingerprint density at radius 1 is 0.261 bits per heavy atom. The maximum atomic E-state index is 9.65. The second-order valence-corrected chi connectivity index (χ2v) is 36.5. The minimum atomic E-state index is 0.573. The van der Waals surface area contributed by atoms with Gasteiger partial charge < -0.3 is 18.1 Å². The number of hydrogen-bond donors (Lipinski definition) is 0. The lowest BCUT2D eigenvalue weighted by molar-refractivity contribution is 0.671. The fourth-order valence-corrected chi connectivity index (χ4v) is 21.9. The summed E-state index contributed by atoms with van der Waals surface area (Å²) >= 11 is 1.85. The summed E-state index contributed by atoms with van der Waals surface area (Å²) in [7, 11) is 0. The molecule has 0 saturated heterocycles.